The largest absolute Gasteiger partial charge is 0.494 e. The number of benzene rings is 2. The molecule has 0 aliphatic rings. The number of hydrogen-bond donors (Lipinski definition) is 1. The molecule has 0 radical (unpaired) electrons. The zero-order valence-corrected chi connectivity index (χ0v) is 12.3. The normalized spacial score (nSPS) is 10.9. The quantitative estimate of drug-likeness (QED) is 0.756. The van der Waals surface area contributed by atoms with Crippen LogP contribution in [0.5, 0.6) is 17.2 Å². The molecule has 1 aromatic heterocycles. The standard InChI is InChI=1S/C16H14FNO4/c1-20-11-5-4-9-14(15(11)17)16(19)8-6-12(21-2)13(22-3)7-10(8)18-9/h4-7H,1-3H3,(H,18,19). The molecule has 0 aliphatic heterocycles. The van der Waals surface area contributed by atoms with E-state index in [9.17, 15) is 9.18 Å². The molecule has 0 saturated heterocycles. The van der Waals surface area contributed by atoms with Crippen LogP contribution in [0.3, 0.4) is 0 Å². The number of aromatic amines is 1. The molecule has 5 nitrogen and oxygen atoms in total. The average molecular weight is 303 g/mol. The van der Waals surface area contributed by atoms with Crippen molar-refractivity contribution >= 4 is 21.8 Å². The minimum atomic E-state index is -0.682. The topological polar surface area (TPSA) is 60.5 Å². The summed E-state index contributed by atoms with van der Waals surface area (Å²) in [6.07, 6.45) is 0. The summed E-state index contributed by atoms with van der Waals surface area (Å²) in [5, 5.41) is 0.274. The van der Waals surface area contributed by atoms with Gasteiger partial charge in [0.1, 0.15) is 0 Å². The van der Waals surface area contributed by atoms with Crippen LogP contribution in [0, 0.1) is 5.82 Å². The Bertz CT molecular complexity index is 933. The van der Waals surface area contributed by atoms with Crippen LogP contribution >= 0.6 is 0 Å². The van der Waals surface area contributed by atoms with Gasteiger partial charge >= 0.3 is 0 Å². The molecule has 114 valence electrons. The number of hydrogen-bond acceptors (Lipinski definition) is 4. The van der Waals surface area contributed by atoms with Crippen LogP contribution in [0.25, 0.3) is 21.8 Å². The fraction of sp³-hybridized carbons (Fsp3) is 0.188. The van der Waals surface area contributed by atoms with E-state index >= 15 is 0 Å². The molecular weight excluding hydrogens is 289 g/mol. The van der Waals surface area contributed by atoms with Crippen molar-refractivity contribution in [3.63, 3.8) is 0 Å². The predicted molar refractivity (Wildman–Crippen MR) is 81.7 cm³/mol. The van der Waals surface area contributed by atoms with Gasteiger partial charge in [0, 0.05) is 6.07 Å². The Labute approximate surface area is 125 Å². The van der Waals surface area contributed by atoms with Crippen molar-refractivity contribution < 1.29 is 18.6 Å². The highest BCUT2D eigenvalue weighted by Gasteiger charge is 2.16. The Morgan fingerprint density at radius 1 is 0.909 bits per heavy atom. The maximum absolute atomic E-state index is 14.4. The third kappa shape index (κ3) is 1.95. The molecule has 0 amide bonds. The van der Waals surface area contributed by atoms with Crippen LogP contribution in [-0.4, -0.2) is 26.3 Å². The van der Waals surface area contributed by atoms with E-state index in [1.165, 1.54) is 33.5 Å². The van der Waals surface area contributed by atoms with Crippen LogP contribution in [0.2, 0.25) is 0 Å². The van der Waals surface area contributed by atoms with Crippen molar-refractivity contribution in [3.8, 4) is 17.2 Å². The molecule has 0 unspecified atom stereocenters. The Balaban J connectivity index is 2.47. The monoisotopic (exact) mass is 303 g/mol. The molecule has 0 bridgehead atoms. The maximum atomic E-state index is 14.4. The van der Waals surface area contributed by atoms with E-state index in [4.69, 9.17) is 14.2 Å². The molecule has 3 rings (SSSR count). The van der Waals surface area contributed by atoms with E-state index in [-0.39, 0.29) is 11.1 Å². The average Bonchev–Trinajstić information content (AvgIpc) is 2.54. The highest BCUT2D eigenvalue weighted by atomic mass is 19.1. The first kappa shape index (κ1) is 14.2. The van der Waals surface area contributed by atoms with Crippen molar-refractivity contribution in [2.24, 2.45) is 0 Å². The van der Waals surface area contributed by atoms with Gasteiger partial charge in [0.25, 0.3) is 0 Å². The summed E-state index contributed by atoms with van der Waals surface area (Å²) in [6.45, 7) is 0. The number of ether oxygens (including phenoxy) is 3. The van der Waals surface area contributed by atoms with Crippen molar-refractivity contribution in [1.29, 1.82) is 0 Å². The Hall–Kier alpha value is -2.76. The van der Waals surface area contributed by atoms with Crippen LogP contribution in [-0.2, 0) is 0 Å². The number of fused-ring (bicyclic) bond motifs is 2. The number of pyridine rings is 1. The van der Waals surface area contributed by atoms with Gasteiger partial charge in [-0.1, -0.05) is 0 Å². The lowest BCUT2D eigenvalue weighted by Crippen LogP contribution is -2.08. The van der Waals surface area contributed by atoms with E-state index in [0.717, 1.165) is 0 Å². The summed E-state index contributed by atoms with van der Waals surface area (Å²) in [7, 11) is 4.34. The lowest BCUT2D eigenvalue weighted by Gasteiger charge is -2.11. The third-order valence-electron chi connectivity index (χ3n) is 3.59. The second-order valence-corrected chi connectivity index (χ2v) is 4.71. The van der Waals surface area contributed by atoms with Gasteiger partial charge in [-0.15, -0.1) is 0 Å². The van der Waals surface area contributed by atoms with Crippen LogP contribution < -0.4 is 19.6 Å². The predicted octanol–water partition coefficient (Wildman–Crippen LogP) is 2.85. The van der Waals surface area contributed by atoms with Crippen molar-refractivity contribution in [1.82, 2.24) is 4.98 Å². The zero-order valence-electron chi connectivity index (χ0n) is 12.3. The first-order valence-corrected chi connectivity index (χ1v) is 6.55. The lowest BCUT2D eigenvalue weighted by molar-refractivity contribution is 0.356. The number of halogens is 1. The smallest absolute Gasteiger partial charge is 0.200 e. The summed E-state index contributed by atoms with van der Waals surface area (Å²) in [5.41, 5.74) is 0.504. The number of nitrogens with one attached hydrogen (secondary N) is 1. The molecule has 1 N–H and O–H groups in total. The summed E-state index contributed by atoms with van der Waals surface area (Å²) in [6, 6.07) is 6.26. The molecule has 6 heteroatoms. The van der Waals surface area contributed by atoms with Gasteiger partial charge in [0.2, 0.25) is 0 Å². The number of H-pyrrole nitrogens is 1. The molecule has 3 aromatic rings. The van der Waals surface area contributed by atoms with Crippen molar-refractivity contribution in [2.45, 2.75) is 0 Å². The lowest BCUT2D eigenvalue weighted by atomic mass is 10.1. The highest BCUT2D eigenvalue weighted by molar-refractivity contribution is 5.94. The summed E-state index contributed by atoms with van der Waals surface area (Å²) in [4.78, 5) is 15.7. The highest BCUT2D eigenvalue weighted by Crippen LogP contribution is 2.32. The van der Waals surface area contributed by atoms with Gasteiger partial charge in [-0.3, -0.25) is 4.79 Å². The maximum Gasteiger partial charge on any atom is 0.200 e. The SMILES string of the molecule is COc1cc2[nH]c3ccc(OC)c(F)c3c(=O)c2cc1OC. The number of methoxy groups -OCH3 is 3. The fourth-order valence-electron chi connectivity index (χ4n) is 2.49. The molecule has 0 atom stereocenters. The van der Waals surface area contributed by atoms with E-state index in [1.807, 2.05) is 0 Å². The molecule has 2 aromatic carbocycles. The second-order valence-electron chi connectivity index (χ2n) is 4.71. The third-order valence-corrected chi connectivity index (χ3v) is 3.59. The minimum absolute atomic E-state index is 0.0258. The van der Waals surface area contributed by atoms with Crippen LogP contribution in [0.4, 0.5) is 4.39 Å². The minimum Gasteiger partial charge on any atom is -0.494 e. The Morgan fingerprint density at radius 3 is 2.18 bits per heavy atom. The molecule has 0 spiro atoms. The van der Waals surface area contributed by atoms with E-state index < -0.39 is 11.2 Å². The summed E-state index contributed by atoms with van der Waals surface area (Å²) < 4.78 is 29.7. The van der Waals surface area contributed by atoms with Crippen LogP contribution in [0.15, 0.2) is 29.1 Å². The van der Waals surface area contributed by atoms with E-state index in [2.05, 4.69) is 4.98 Å². The van der Waals surface area contributed by atoms with E-state index in [0.29, 0.717) is 27.9 Å². The summed E-state index contributed by atoms with van der Waals surface area (Å²) >= 11 is 0. The Kier molecular flexibility index (Phi) is 3.36. The van der Waals surface area contributed by atoms with Gasteiger partial charge in [0.15, 0.2) is 28.5 Å². The van der Waals surface area contributed by atoms with Crippen molar-refractivity contribution in [2.75, 3.05) is 21.3 Å². The van der Waals surface area contributed by atoms with Gasteiger partial charge in [-0.2, -0.15) is 0 Å². The molecule has 0 aliphatic carbocycles. The first-order chi connectivity index (χ1) is 10.6. The molecule has 0 saturated carbocycles. The van der Waals surface area contributed by atoms with Crippen LogP contribution in [0.1, 0.15) is 0 Å². The molecule has 0 fully saturated rings. The van der Waals surface area contributed by atoms with Crippen molar-refractivity contribution in [3.05, 3.63) is 40.3 Å². The molecule has 1 heterocycles. The molecular formula is C16H14FNO4. The Morgan fingerprint density at radius 2 is 1.55 bits per heavy atom. The van der Waals surface area contributed by atoms with Gasteiger partial charge in [-0.25, -0.2) is 4.39 Å². The van der Waals surface area contributed by atoms with Gasteiger partial charge < -0.3 is 19.2 Å². The summed E-state index contributed by atoms with van der Waals surface area (Å²) in [5.74, 6) is 0.234. The fourth-order valence-corrected chi connectivity index (χ4v) is 2.49. The van der Waals surface area contributed by atoms with Gasteiger partial charge in [-0.05, 0) is 18.2 Å². The van der Waals surface area contributed by atoms with Gasteiger partial charge in [0.05, 0.1) is 43.1 Å². The molecule has 22 heavy (non-hydrogen) atoms. The number of aromatic nitrogens is 1. The second kappa shape index (κ2) is 5.22. The van der Waals surface area contributed by atoms with E-state index in [1.54, 1.807) is 12.1 Å². The number of rotatable bonds is 3. The zero-order chi connectivity index (χ0) is 15.9. The first-order valence-electron chi connectivity index (χ1n) is 6.55.